The number of nitrogens with zero attached hydrogens (tertiary/aromatic N) is 3. The predicted molar refractivity (Wildman–Crippen MR) is 96.4 cm³/mol. The number of imidazole rings is 1. The van der Waals surface area contributed by atoms with Gasteiger partial charge in [0.25, 0.3) is 0 Å². The number of hydrogen-bond acceptors (Lipinski definition) is 8. The molecular weight excluding hydrogens is 380 g/mol. The van der Waals surface area contributed by atoms with Crippen molar-refractivity contribution in [2.75, 3.05) is 12.9 Å². The van der Waals surface area contributed by atoms with E-state index < -0.39 is 16.0 Å². The number of methoxy groups -OCH3 is 1. The van der Waals surface area contributed by atoms with Crippen molar-refractivity contribution in [3.05, 3.63) is 18.2 Å². The number of sulfonamides is 1. The summed E-state index contributed by atoms with van der Waals surface area (Å²) in [6.07, 6.45) is 0.126. The first kappa shape index (κ1) is 18.7. The number of rotatable bonds is 6. The second-order valence-electron chi connectivity index (χ2n) is 5.61. The number of fused-ring (bicyclic) bond motifs is 1. The zero-order valence-corrected chi connectivity index (χ0v) is 15.8. The molecular formula is C15H18N4O5S2. The quantitative estimate of drug-likeness (QED) is 0.570. The molecule has 1 aliphatic heterocycles. The number of aromatic nitrogens is 2. The van der Waals surface area contributed by atoms with E-state index in [1.165, 1.54) is 31.0 Å². The van der Waals surface area contributed by atoms with Gasteiger partial charge in [-0.1, -0.05) is 16.9 Å². The number of oxime groups is 1. The van der Waals surface area contributed by atoms with E-state index in [0.29, 0.717) is 24.2 Å². The minimum atomic E-state index is -3.78. The van der Waals surface area contributed by atoms with Crippen molar-refractivity contribution >= 4 is 44.5 Å². The normalized spacial score (nSPS) is 17.2. The zero-order valence-electron chi connectivity index (χ0n) is 14.2. The van der Waals surface area contributed by atoms with Crippen molar-refractivity contribution in [3.8, 4) is 0 Å². The lowest BCUT2D eigenvalue weighted by Gasteiger charge is -2.08. The number of nitrogens with two attached hydrogens (primary N) is 1. The highest BCUT2D eigenvalue weighted by Crippen LogP contribution is 2.28. The van der Waals surface area contributed by atoms with Crippen LogP contribution in [0.2, 0.25) is 0 Å². The summed E-state index contributed by atoms with van der Waals surface area (Å²) in [6, 6.07) is 4.63. The third-order valence-corrected chi connectivity index (χ3v) is 5.90. The van der Waals surface area contributed by atoms with Gasteiger partial charge in [-0.05, 0) is 25.1 Å². The molecule has 0 fully saturated rings. The Labute approximate surface area is 154 Å². The van der Waals surface area contributed by atoms with Crippen LogP contribution in [0.4, 0.5) is 0 Å². The maximum Gasteiger partial charge on any atom is 0.355 e. The molecule has 140 valence electrons. The lowest BCUT2D eigenvalue weighted by atomic mass is 10.2. The van der Waals surface area contributed by atoms with E-state index in [2.05, 4.69) is 14.9 Å². The van der Waals surface area contributed by atoms with Crippen LogP contribution in [0.3, 0.4) is 0 Å². The zero-order chi connectivity index (χ0) is 18.9. The Morgan fingerprint density at radius 3 is 2.92 bits per heavy atom. The van der Waals surface area contributed by atoms with E-state index in [1.54, 1.807) is 6.07 Å². The van der Waals surface area contributed by atoms with E-state index in [9.17, 15) is 13.2 Å². The molecule has 2 heterocycles. The van der Waals surface area contributed by atoms with Crippen LogP contribution in [-0.4, -0.2) is 48.6 Å². The largest absolute Gasteiger partial charge is 0.464 e. The van der Waals surface area contributed by atoms with Crippen LogP contribution in [-0.2, 0) is 30.9 Å². The molecule has 3 rings (SSSR count). The Balaban J connectivity index is 1.77. The second kappa shape index (κ2) is 7.25. The SMILES string of the molecule is CCn1c(SCC2CC(C(=O)OC)=NO2)nc2cc(S(N)(=O)=O)ccc21. The molecule has 1 aromatic carbocycles. The summed E-state index contributed by atoms with van der Waals surface area (Å²) in [6.45, 7) is 2.65. The molecule has 1 atom stereocenters. The molecule has 0 bridgehead atoms. The van der Waals surface area contributed by atoms with Crippen molar-refractivity contribution in [3.63, 3.8) is 0 Å². The molecule has 2 aromatic rings. The summed E-state index contributed by atoms with van der Waals surface area (Å²) in [4.78, 5) is 21.2. The van der Waals surface area contributed by atoms with Crippen molar-refractivity contribution < 1.29 is 22.8 Å². The summed E-state index contributed by atoms with van der Waals surface area (Å²) >= 11 is 1.45. The monoisotopic (exact) mass is 398 g/mol. The molecule has 1 aliphatic rings. The molecule has 0 spiro atoms. The van der Waals surface area contributed by atoms with E-state index in [4.69, 9.17) is 9.98 Å². The molecule has 26 heavy (non-hydrogen) atoms. The van der Waals surface area contributed by atoms with Gasteiger partial charge in [0.1, 0.15) is 6.10 Å². The average Bonchev–Trinajstić information content (AvgIpc) is 3.21. The Bertz CT molecular complexity index is 983. The van der Waals surface area contributed by atoms with Crippen LogP contribution in [0.5, 0.6) is 0 Å². The number of benzene rings is 1. The van der Waals surface area contributed by atoms with Crippen LogP contribution in [0.1, 0.15) is 13.3 Å². The lowest BCUT2D eigenvalue weighted by Crippen LogP contribution is -2.18. The fourth-order valence-corrected chi connectivity index (χ4v) is 4.20. The molecule has 0 aliphatic carbocycles. The van der Waals surface area contributed by atoms with Crippen molar-refractivity contribution in [1.82, 2.24) is 9.55 Å². The van der Waals surface area contributed by atoms with Crippen molar-refractivity contribution in [2.24, 2.45) is 10.3 Å². The molecule has 1 unspecified atom stereocenters. The number of thioether (sulfide) groups is 1. The average molecular weight is 398 g/mol. The van der Waals surface area contributed by atoms with E-state index in [1.807, 2.05) is 11.5 Å². The van der Waals surface area contributed by atoms with Gasteiger partial charge < -0.3 is 14.1 Å². The number of carbonyl (C=O) groups is 1. The van der Waals surface area contributed by atoms with Gasteiger partial charge in [-0.3, -0.25) is 0 Å². The number of aryl methyl sites for hydroxylation is 1. The van der Waals surface area contributed by atoms with Crippen molar-refractivity contribution in [2.45, 2.75) is 36.0 Å². The maximum absolute atomic E-state index is 11.5. The first-order chi connectivity index (χ1) is 12.3. The second-order valence-corrected chi connectivity index (χ2v) is 8.15. The van der Waals surface area contributed by atoms with E-state index in [-0.39, 0.29) is 16.7 Å². The summed E-state index contributed by atoms with van der Waals surface area (Å²) in [7, 11) is -2.48. The maximum atomic E-state index is 11.5. The first-order valence-electron chi connectivity index (χ1n) is 7.80. The first-order valence-corrected chi connectivity index (χ1v) is 10.3. The Kier molecular flexibility index (Phi) is 5.21. The van der Waals surface area contributed by atoms with Crippen molar-refractivity contribution in [1.29, 1.82) is 0 Å². The Hall–Kier alpha value is -2.11. The molecule has 9 nitrogen and oxygen atoms in total. The summed E-state index contributed by atoms with van der Waals surface area (Å²) in [5.74, 6) is 0.0452. The number of ether oxygens (including phenoxy) is 1. The highest BCUT2D eigenvalue weighted by atomic mass is 32.2. The fourth-order valence-electron chi connectivity index (χ4n) is 2.60. The molecule has 0 saturated carbocycles. The standard InChI is InChI=1S/C15H18N4O5S2/c1-3-19-13-5-4-10(26(16,21)22)7-11(13)17-15(19)25-8-9-6-12(18-24-9)14(20)23-2/h4-5,7,9H,3,6,8H2,1-2H3,(H2,16,21,22). The minimum absolute atomic E-state index is 0.0255. The smallest absolute Gasteiger partial charge is 0.355 e. The molecule has 0 amide bonds. The van der Waals surface area contributed by atoms with Gasteiger partial charge in [0.15, 0.2) is 10.9 Å². The summed E-state index contributed by atoms with van der Waals surface area (Å²) < 4.78 is 29.6. The minimum Gasteiger partial charge on any atom is -0.464 e. The Morgan fingerprint density at radius 1 is 1.50 bits per heavy atom. The van der Waals surface area contributed by atoms with Crippen LogP contribution in [0.25, 0.3) is 11.0 Å². The van der Waals surface area contributed by atoms with Crippen LogP contribution < -0.4 is 5.14 Å². The Morgan fingerprint density at radius 2 is 2.27 bits per heavy atom. The number of primary sulfonamides is 1. The van der Waals surface area contributed by atoms with Gasteiger partial charge in [-0.15, -0.1) is 0 Å². The lowest BCUT2D eigenvalue weighted by molar-refractivity contribution is -0.132. The third-order valence-electron chi connectivity index (χ3n) is 3.88. The van der Waals surface area contributed by atoms with Gasteiger partial charge in [0.2, 0.25) is 10.0 Å². The number of carbonyl (C=O) groups excluding carboxylic acids is 1. The van der Waals surface area contributed by atoms with E-state index >= 15 is 0 Å². The molecule has 1 aromatic heterocycles. The topological polar surface area (TPSA) is 126 Å². The summed E-state index contributed by atoms with van der Waals surface area (Å²) in [5, 5.41) is 9.65. The predicted octanol–water partition coefficient (Wildman–Crippen LogP) is 1.11. The van der Waals surface area contributed by atoms with Gasteiger partial charge in [0.05, 0.1) is 23.0 Å². The molecule has 0 saturated heterocycles. The number of hydrogen-bond donors (Lipinski definition) is 1. The van der Waals surface area contributed by atoms with Crippen LogP contribution in [0, 0.1) is 0 Å². The highest BCUT2D eigenvalue weighted by molar-refractivity contribution is 7.99. The fraction of sp³-hybridized carbons (Fsp3) is 0.400. The third kappa shape index (κ3) is 3.69. The van der Waals surface area contributed by atoms with Gasteiger partial charge in [-0.2, -0.15) is 0 Å². The van der Waals surface area contributed by atoms with Gasteiger partial charge >= 0.3 is 5.97 Å². The van der Waals surface area contributed by atoms with E-state index in [0.717, 1.165) is 10.7 Å². The molecule has 11 heteroatoms. The number of esters is 1. The van der Waals surface area contributed by atoms with Crippen LogP contribution in [0.15, 0.2) is 33.4 Å². The van der Waals surface area contributed by atoms with Crippen LogP contribution >= 0.6 is 11.8 Å². The highest BCUT2D eigenvalue weighted by Gasteiger charge is 2.27. The molecule has 0 radical (unpaired) electrons. The van der Waals surface area contributed by atoms with Gasteiger partial charge in [-0.25, -0.2) is 23.3 Å². The summed E-state index contributed by atoms with van der Waals surface area (Å²) in [5.41, 5.74) is 1.64. The van der Waals surface area contributed by atoms with Gasteiger partial charge in [0, 0.05) is 18.7 Å². The molecule has 2 N–H and O–H groups in total.